The third-order valence-electron chi connectivity index (χ3n) is 3.90. The number of halogens is 4. The van der Waals surface area contributed by atoms with Crippen LogP contribution in [0, 0.1) is 0 Å². The van der Waals surface area contributed by atoms with E-state index in [1.54, 1.807) is 6.92 Å². The zero-order valence-corrected chi connectivity index (χ0v) is 18.0. The Hall–Kier alpha value is -2.61. The Morgan fingerprint density at radius 1 is 1.26 bits per heavy atom. The fourth-order valence-electron chi connectivity index (χ4n) is 2.36. The molecule has 1 aromatic heterocycles. The van der Waals surface area contributed by atoms with Crippen LogP contribution in [0.2, 0.25) is 5.15 Å². The van der Waals surface area contributed by atoms with Crippen LogP contribution >= 0.6 is 11.6 Å². The van der Waals surface area contributed by atoms with Crippen molar-refractivity contribution < 1.29 is 35.4 Å². The molecular formula is C17H18ClF3N4O5S. The van der Waals surface area contributed by atoms with E-state index in [1.807, 2.05) is 0 Å². The maximum atomic E-state index is 13.2. The molecule has 2 aromatic rings. The lowest BCUT2D eigenvalue weighted by atomic mass is 10.1. The second-order valence-electron chi connectivity index (χ2n) is 5.86. The highest BCUT2D eigenvalue weighted by Gasteiger charge is 2.33. The highest BCUT2D eigenvalue weighted by molar-refractivity contribution is 7.88. The number of hydroxylamine groups is 1. The molecule has 2 N–H and O–H groups in total. The summed E-state index contributed by atoms with van der Waals surface area (Å²) in [4.78, 5) is 20.9. The van der Waals surface area contributed by atoms with E-state index in [0.717, 1.165) is 32.5 Å². The first-order valence-electron chi connectivity index (χ1n) is 8.51. The van der Waals surface area contributed by atoms with Gasteiger partial charge in [-0.2, -0.15) is 21.6 Å². The third kappa shape index (κ3) is 5.97. The number of nitrogens with zero attached hydrogens (tertiary/aromatic N) is 2. The predicted octanol–water partition coefficient (Wildman–Crippen LogP) is 3.51. The zero-order chi connectivity index (χ0) is 23.4. The van der Waals surface area contributed by atoms with Crippen LogP contribution in [0.25, 0.3) is 0 Å². The molecule has 170 valence electrons. The molecule has 1 heterocycles. The Bertz CT molecular complexity index is 1070. The van der Waals surface area contributed by atoms with Gasteiger partial charge in [0.2, 0.25) is 0 Å². The second-order valence-corrected chi connectivity index (χ2v) is 7.99. The number of alkyl halides is 3. The molecule has 31 heavy (non-hydrogen) atoms. The molecule has 0 aliphatic carbocycles. The number of rotatable bonds is 8. The maximum Gasteiger partial charge on any atom is 0.416 e. The van der Waals surface area contributed by atoms with Gasteiger partial charge in [0.15, 0.2) is 0 Å². The molecule has 0 radical (unpaired) electrons. The topological polar surface area (TPSA) is 110 Å². The van der Waals surface area contributed by atoms with Crippen molar-refractivity contribution in [2.45, 2.75) is 13.1 Å². The Balaban J connectivity index is 2.59. The lowest BCUT2D eigenvalue weighted by molar-refractivity contribution is -0.137. The van der Waals surface area contributed by atoms with Gasteiger partial charge in [-0.25, -0.2) is 14.8 Å². The molecule has 9 nitrogen and oxygen atoms in total. The van der Waals surface area contributed by atoms with Gasteiger partial charge in [0, 0.05) is 13.2 Å². The van der Waals surface area contributed by atoms with Crippen molar-refractivity contribution in [3.05, 3.63) is 46.7 Å². The summed E-state index contributed by atoms with van der Waals surface area (Å²) in [5, 5.41) is 2.70. The van der Waals surface area contributed by atoms with Gasteiger partial charge >= 0.3 is 16.5 Å². The van der Waals surface area contributed by atoms with E-state index >= 15 is 0 Å². The largest absolute Gasteiger partial charge is 0.416 e. The van der Waals surface area contributed by atoms with Crippen LogP contribution in [0.1, 0.15) is 22.8 Å². The lowest BCUT2D eigenvalue weighted by Crippen LogP contribution is -2.28. The first-order chi connectivity index (χ1) is 14.4. The summed E-state index contributed by atoms with van der Waals surface area (Å²) in [6.07, 6.45) is -3.61. The fraction of sp³-hybridized carbons (Fsp3) is 0.294. The Kier molecular flexibility index (Phi) is 7.70. The van der Waals surface area contributed by atoms with Crippen LogP contribution in [-0.4, -0.2) is 40.1 Å². The van der Waals surface area contributed by atoms with Gasteiger partial charge in [0.25, 0.3) is 5.91 Å². The summed E-state index contributed by atoms with van der Waals surface area (Å²) < 4.78 is 68.7. The molecule has 2 rings (SSSR count). The molecule has 1 aromatic carbocycles. The molecule has 0 atom stereocenters. The monoisotopic (exact) mass is 482 g/mol. The second kappa shape index (κ2) is 9.68. The molecule has 0 aliphatic rings. The zero-order valence-electron chi connectivity index (χ0n) is 16.4. The summed E-state index contributed by atoms with van der Waals surface area (Å²) in [5.41, 5.74) is 0.588. The normalized spacial score (nSPS) is 11.8. The number of aromatic nitrogens is 1. The standard InChI is InChI=1S/C17H18ClF3N4O5S/c1-4-30-24-16(26)11-9-22-15(18)8-13(11)23-12-6-5-10(17(19,20)21)7-14(12)25(2)31(27,28)29-3/h5-9H,4H2,1-3H3,(H,22,23)(H,24,26). The summed E-state index contributed by atoms with van der Waals surface area (Å²) in [6, 6.07) is 3.64. The Morgan fingerprint density at radius 2 is 1.94 bits per heavy atom. The van der Waals surface area contributed by atoms with Crippen LogP contribution in [0.3, 0.4) is 0 Å². The van der Waals surface area contributed by atoms with E-state index in [1.165, 1.54) is 6.07 Å². The van der Waals surface area contributed by atoms with E-state index in [9.17, 15) is 26.4 Å². The van der Waals surface area contributed by atoms with E-state index < -0.39 is 28.0 Å². The van der Waals surface area contributed by atoms with Crippen molar-refractivity contribution in [3.63, 3.8) is 0 Å². The van der Waals surface area contributed by atoms with Gasteiger partial charge in [-0.3, -0.25) is 13.8 Å². The van der Waals surface area contributed by atoms with Gasteiger partial charge in [0.05, 0.1) is 41.9 Å². The van der Waals surface area contributed by atoms with Crippen molar-refractivity contribution in [1.82, 2.24) is 10.5 Å². The number of carbonyl (C=O) groups excluding carboxylic acids is 1. The number of carbonyl (C=O) groups is 1. The van der Waals surface area contributed by atoms with Gasteiger partial charge in [0.1, 0.15) is 5.15 Å². The highest BCUT2D eigenvalue weighted by Crippen LogP contribution is 2.38. The van der Waals surface area contributed by atoms with E-state index in [4.69, 9.17) is 16.4 Å². The molecule has 0 fully saturated rings. The molecule has 0 saturated carbocycles. The molecule has 1 amide bonds. The average Bonchev–Trinajstić information content (AvgIpc) is 2.71. The van der Waals surface area contributed by atoms with Crippen LogP contribution in [0.5, 0.6) is 0 Å². The first-order valence-corrected chi connectivity index (χ1v) is 10.3. The summed E-state index contributed by atoms with van der Waals surface area (Å²) in [5.74, 6) is -0.708. The minimum atomic E-state index is -4.73. The first kappa shape index (κ1) is 24.7. The van der Waals surface area contributed by atoms with Crippen molar-refractivity contribution in [3.8, 4) is 0 Å². The van der Waals surface area contributed by atoms with Crippen molar-refractivity contribution in [2.24, 2.45) is 0 Å². The number of hydrogen-bond acceptors (Lipinski definition) is 7. The van der Waals surface area contributed by atoms with Crippen LogP contribution in [-0.2, 0) is 25.5 Å². The summed E-state index contributed by atoms with van der Waals surface area (Å²) in [6.45, 7) is 1.82. The van der Waals surface area contributed by atoms with Gasteiger partial charge in [-0.1, -0.05) is 11.6 Å². The van der Waals surface area contributed by atoms with E-state index in [-0.39, 0.29) is 34.4 Å². The van der Waals surface area contributed by atoms with Gasteiger partial charge in [-0.05, 0) is 31.2 Å². The molecular weight excluding hydrogens is 465 g/mol. The van der Waals surface area contributed by atoms with Crippen molar-refractivity contribution >= 4 is 44.9 Å². The van der Waals surface area contributed by atoms with Gasteiger partial charge in [-0.15, -0.1) is 0 Å². The molecule has 0 spiro atoms. The maximum absolute atomic E-state index is 13.2. The van der Waals surface area contributed by atoms with Gasteiger partial charge < -0.3 is 5.32 Å². The number of nitrogens with one attached hydrogen (secondary N) is 2. The van der Waals surface area contributed by atoms with Crippen molar-refractivity contribution in [2.75, 3.05) is 30.4 Å². The molecule has 14 heteroatoms. The number of anilines is 3. The minimum absolute atomic E-state index is 0.0261. The molecule has 0 unspecified atom stereocenters. The van der Waals surface area contributed by atoms with Crippen LogP contribution < -0.4 is 15.1 Å². The summed E-state index contributed by atoms with van der Waals surface area (Å²) >= 11 is 5.89. The Labute approximate surface area is 181 Å². The fourth-order valence-corrected chi connectivity index (χ4v) is 3.13. The Morgan fingerprint density at radius 3 is 2.52 bits per heavy atom. The number of benzene rings is 1. The van der Waals surface area contributed by atoms with Crippen LogP contribution in [0.4, 0.5) is 30.2 Å². The number of pyridine rings is 1. The molecule has 0 bridgehead atoms. The highest BCUT2D eigenvalue weighted by atomic mass is 35.5. The van der Waals surface area contributed by atoms with E-state index in [0.29, 0.717) is 10.4 Å². The lowest BCUT2D eigenvalue weighted by Gasteiger charge is -2.23. The molecule has 0 aliphatic heterocycles. The smallest absolute Gasteiger partial charge is 0.353 e. The van der Waals surface area contributed by atoms with Crippen molar-refractivity contribution in [1.29, 1.82) is 0 Å². The van der Waals surface area contributed by atoms with E-state index in [2.05, 4.69) is 20.0 Å². The number of hydrogen-bond donors (Lipinski definition) is 2. The number of amides is 1. The average molecular weight is 483 g/mol. The summed E-state index contributed by atoms with van der Waals surface area (Å²) in [7, 11) is -2.50. The SMILES string of the molecule is CCONC(=O)c1cnc(Cl)cc1Nc1ccc(C(F)(F)F)cc1N(C)S(=O)(=O)OC. The van der Waals surface area contributed by atoms with Crippen LogP contribution in [0.15, 0.2) is 30.5 Å². The minimum Gasteiger partial charge on any atom is -0.353 e. The quantitative estimate of drug-likeness (QED) is 0.437. The third-order valence-corrected chi connectivity index (χ3v) is 5.40. The molecule has 0 saturated heterocycles. The predicted molar refractivity (Wildman–Crippen MR) is 107 cm³/mol.